The number of hydrogen-bond donors (Lipinski definition) is 0. The highest BCUT2D eigenvalue weighted by Crippen LogP contribution is 2.37. The highest BCUT2D eigenvalue weighted by molar-refractivity contribution is 9.10. The molecule has 7 heteroatoms. The van der Waals surface area contributed by atoms with Gasteiger partial charge in [0.2, 0.25) is 0 Å². The number of carbonyl (C=O) groups is 1. The molecule has 0 unspecified atom stereocenters. The first-order chi connectivity index (χ1) is 9.91. The maximum absolute atomic E-state index is 12.7. The molecule has 1 aromatic heterocycles. The number of rotatable bonds is 3. The first-order valence-corrected chi connectivity index (χ1v) is 9.42. The fourth-order valence-electron chi connectivity index (χ4n) is 2.40. The molecule has 110 valence electrons. The smallest absolute Gasteiger partial charge is 0.274 e. The van der Waals surface area contributed by atoms with Gasteiger partial charge in [0.15, 0.2) is 9.99 Å². The normalized spacial score (nSPS) is 14.3. The van der Waals surface area contributed by atoms with Crippen LogP contribution in [0.1, 0.15) is 22.8 Å². The highest BCUT2D eigenvalue weighted by atomic mass is 79.9. The molecular weight excluding hydrogens is 374 g/mol. The Morgan fingerprint density at radius 1 is 1.33 bits per heavy atom. The van der Waals surface area contributed by atoms with Crippen molar-refractivity contribution >= 4 is 48.8 Å². The molecule has 4 nitrogen and oxygen atoms in total. The Hall–Kier alpha value is -1.18. The average molecular weight is 386 g/mol. The van der Waals surface area contributed by atoms with Crippen molar-refractivity contribution in [2.75, 3.05) is 10.8 Å². The number of anilines is 1. The van der Waals surface area contributed by atoms with Crippen LogP contribution in [-0.2, 0) is 16.4 Å². The summed E-state index contributed by atoms with van der Waals surface area (Å²) in [4.78, 5) is 11.4. The van der Waals surface area contributed by atoms with Gasteiger partial charge >= 0.3 is 0 Å². The molecule has 0 amide bonds. The van der Waals surface area contributed by atoms with Gasteiger partial charge in [-0.15, -0.1) is 11.3 Å². The number of fused-ring (bicyclic) bond motifs is 1. The van der Waals surface area contributed by atoms with Gasteiger partial charge in [-0.1, -0.05) is 0 Å². The van der Waals surface area contributed by atoms with Gasteiger partial charge in [-0.2, -0.15) is 0 Å². The lowest BCUT2D eigenvalue weighted by Crippen LogP contribution is -2.28. The second kappa shape index (κ2) is 5.23. The molecule has 0 fully saturated rings. The van der Waals surface area contributed by atoms with Gasteiger partial charge in [-0.25, -0.2) is 8.42 Å². The zero-order valence-electron chi connectivity index (χ0n) is 11.2. The van der Waals surface area contributed by atoms with E-state index in [0.717, 1.165) is 5.56 Å². The number of halogens is 1. The van der Waals surface area contributed by atoms with Crippen molar-refractivity contribution < 1.29 is 13.2 Å². The summed E-state index contributed by atoms with van der Waals surface area (Å²) in [5.41, 5.74) is 2.18. The summed E-state index contributed by atoms with van der Waals surface area (Å²) in [5, 5.41) is 1.74. The van der Waals surface area contributed by atoms with Crippen LogP contribution < -0.4 is 4.31 Å². The zero-order valence-corrected chi connectivity index (χ0v) is 14.4. The quantitative estimate of drug-likeness (QED) is 0.760. The van der Waals surface area contributed by atoms with Crippen molar-refractivity contribution in [2.24, 2.45) is 0 Å². The van der Waals surface area contributed by atoms with Crippen LogP contribution in [-0.4, -0.2) is 20.7 Å². The predicted molar refractivity (Wildman–Crippen MR) is 86.7 cm³/mol. The van der Waals surface area contributed by atoms with Gasteiger partial charge in [0, 0.05) is 16.6 Å². The second-order valence-electron chi connectivity index (χ2n) is 4.78. The van der Waals surface area contributed by atoms with E-state index in [9.17, 15) is 13.2 Å². The fourth-order valence-corrected chi connectivity index (χ4v) is 6.32. The summed E-state index contributed by atoms with van der Waals surface area (Å²) in [6.45, 7) is 1.91. The Labute approximate surface area is 135 Å². The van der Waals surface area contributed by atoms with Crippen molar-refractivity contribution in [3.05, 3.63) is 45.2 Å². The summed E-state index contributed by atoms with van der Waals surface area (Å²) in [5.74, 6) is -0.0138. The minimum atomic E-state index is -3.55. The molecule has 1 aromatic carbocycles. The van der Waals surface area contributed by atoms with E-state index >= 15 is 0 Å². The van der Waals surface area contributed by atoms with Gasteiger partial charge in [0.1, 0.15) is 0 Å². The van der Waals surface area contributed by atoms with Crippen LogP contribution in [0.5, 0.6) is 0 Å². The van der Waals surface area contributed by atoms with E-state index in [2.05, 4.69) is 15.9 Å². The van der Waals surface area contributed by atoms with E-state index in [-0.39, 0.29) is 5.78 Å². The van der Waals surface area contributed by atoms with Crippen molar-refractivity contribution in [2.45, 2.75) is 17.6 Å². The van der Waals surface area contributed by atoms with E-state index in [0.29, 0.717) is 32.9 Å². The number of nitrogens with zero attached hydrogens (tertiary/aromatic N) is 1. The van der Waals surface area contributed by atoms with E-state index in [1.165, 1.54) is 22.6 Å². The minimum absolute atomic E-state index is 0.0138. The molecule has 2 aromatic rings. The Kier molecular flexibility index (Phi) is 3.67. The van der Waals surface area contributed by atoms with Crippen molar-refractivity contribution in [3.8, 4) is 0 Å². The second-order valence-corrected chi connectivity index (χ2v) is 8.61. The van der Waals surface area contributed by atoms with Gasteiger partial charge < -0.3 is 0 Å². The number of ketones is 1. The Balaban J connectivity index is 2.06. The zero-order chi connectivity index (χ0) is 15.2. The van der Waals surface area contributed by atoms with Gasteiger partial charge in [-0.05, 0) is 64.5 Å². The molecule has 0 aliphatic carbocycles. The molecular formula is C14H12BrNO3S2. The molecule has 1 aliphatic heterocycles. The largest absolute Gasteiger partial charge is 0.295 e. The summed E-state index contributed by atoms with van der Waals surface area (Å²) >= 11 is 4.48. The van der Waals surface area contributed by atoms with Crippen LogP contribution in [0.25, 0.3) is 0 Å². The number of thiophene rings is 1. The first-order valence-electron chi connectivity index (χ1n) is 6.31. The standard InChI is InChI=1S/C14H12BrNO3S2/c1-9(17)10-2-3-13-11(8-10)4-6-16(13)21(18,19)14-12(15)5-7-20-14/h2-3,5,7-8H,4,6H2,1H3. The molecule has 0 bridgehead atoms. The van der Waals surface area contributed by atoms with Crippen molar-refractivity contribution in [1.29, 1.82) is 0 Å². The van der Waals surface area contributed by atoms with Crippen LogP contribution in [0.15, 0.2) is 38.3 Å². The van der Waals surface area contributed by atoms with Crippen LogP contribution in [0.2, 0.25) is 0 Å². The Bertz CT molecular complexity index is 826. The molecule has 0 atom stereocenters. The first kappa shape index (κ1) is 14.7. The summed E-state index contributed by atoms with van der Waals surface area (Å²) in [6, 6.07) is 6.92. The number of sulfonamides is 1. The van der Waals surface area contributed by atoms with E-state index in [4.69, 9.17) is 0 Å². The Morgan fingerprint density at radius 3 is 2.71 bits per heavy atom. The SMILES string of the molecule is CC(=O)c1ccc2c(c1)CCN2S(=O)(=O)c1sccc1Br. The third-order valence-electron chi connectivity index (χ3n) is 3.45. The molecule has 0 saturated heterocycles. The fraction of sp³-hybridized carbons (Fsp3) is 0.214. The minimum Gasteiger partial charge on any atom is -0.295 e. The molecule has 0 spiro atoms. The van der Waals surface area contributed by atoms with Crippen molar-refractivity contribution in [1.82, 2.24) is 0 Å². The van der Waals surface area contributed by atoms with Gasteiger partial charge in [-0.3, -0.25) is 9.10 Å². The maximum atomic E-state index is 12.7. The third kappa shape index (κ3) is 2.43. The van der Waals surface area contributed by atoms with Crippen molar-refractivity contribution in [3.63, 3.8) is 0 Å². The van der Waals surface area contributed by atoms with Crippen LogP contribution in [0.4, 0.5) is 5.69 Å². The predicted octanol–water partition coefficient (Wildman–Crippen LogP) is 3.46. The van der Waals surface area contributed by atoms with E-state index in [1.807, 2.05) is 0 Å². The van der Waals surface area contributed by atoms with Crippen LogP contribution in [0, 0.1) is 0 Å². The lowest BCUT2D eigenvalue weighted by molar-refractivity contribution is 0.101. The number of carbonyl (C=O) groups excluding carboxylic acids is 1. The summed E-state index contributed by atoms with van der Waals surface area (Å²) in [7, 11) is -3.55. The van der Waals surface area contributed by atoms with Gasteiger partial charge in [0.25, 0.3) is 10.0 Å². The average Bonchev–Trinajstić information content (AvgIpc) is 3.03. The summed E-state index contributed by atoms with van der Waals surface area (Å²) < 4.78 is 27.8. The lowest BCUT2D eigenvalue weighted by Gasteiger charge is -2.19. The Morgan fingerprint density at radius 2 is 2.10 bits per heavy atom. The number of Topliss-reactive ketones (excluding diaryl/α,β-unsaturated/α-hetero) is 1. The molecule has 0 radical (unpaired) electrons. The van der Waals surface area contributed by atoms with E-state index in [1.54, 1.807) is 29.6 Å². The van der Waals surface area contributed by atoms with Crippen LogP contribution in [0.3, 0.4) is 0 Å². The third-order valence-corrected chi connectivity index (χ3v) is 7.91. The topological polar surface area (TPSA) is 54.5 Å². The summed E-state index contributed by atoms with van der Waals surface area (Å²) in [6.07, 6.45) is 0.624. The molecule has 1 aliphatic rings. The molecule has 0 saturated carbocycles. The monoisotopic (exact) mass is 385 g/mol. The molecule has 21 heavy (non-hydrogen) atoms. The molecule has 2 heterocycles. The molecule has 3 rings (SSSR count). The maximum Gasteiger partial charge on any atom is 0.274 e. The van der Waals surface area contributed by atoms with Crippen LogP contribution >= 0.6 is 27.3 Å². The molecule has 0 N–H and O–H groups in total. The van der Waals surface area contributed by atoms with E-state index < -0.39 is 10.0 Å². The number of hydrogen-bond acceptors (Lipinski definition) is 4. The number of benzene rings is 1. The lowest BCUT2D eigenvalue weighted by atomic mass is 10.1. The highest BCUT2D eigenvalue weighted by Gasteiger charge is 2.33. The van der Waals surface area contributed by atoms with Gasteiger partial charge in [0.05, 0.1) is 5.69 Å².